The van der Waals surface area contributed by atoms with Crippen LogP contribution in [-0.2, 0) is 11.2 Å². The molecule has 21 heavy (non-hydrogen) atoms. The van der Waals surface area contributed by atoms with Crippen LogP contribution in [0.3, 0.4) is 0 Å². The summed E-state index contributed by atoms with van der Waals surface area (Å²) in [5.41, 5.74) is 1.10. The van der Waals surface area contributed by atoms with E-state index in [1.165, 1.54) is 0 Å². The molecule has 6 heteroatoms. The SMILES string of the molecule is O=C(O)CSc1nnc(Cc2cccc3ccccc23)o1. The Labute approximate surface area is 125 Å². The van der Waals surface area contributed by atoms with Gasteiger partial charge in [0.25, 0.3) is 5.22 Å². The number of hydrogen-bond acceptors (Lipinski definition) is 5. The molecule has 0 spiro atoms. The van der Waals surface area contributed by atoms with Gasteiger partial charge in [-0.25, -0.2) is 0 Å². The third kappa shape index (κ3) is 3.22. The second-order valence-electron chi connectivity index (χ2n) is 4.46. The molecule has 1 N–H and O–H groups in total. The van der Waals surface area contributed by atoms with Gasteiger partial charge < -0.3 is 9.52 Å². The summed E-state index contributed by atoms with van der Waals surface area (Å²) in [4.78, 5) is 10.5. The first kappa shape index (κ1) is 13.6. The van der Waals surface area contributed by atoms with E-state index in [0.29, 0.717) is 12.3 Å². The lowest BCUT2D eigenvalue weighted by Gasteiger charge is -2.03. The number of aliphatic carboxylic acids is 1. The minimum absolute atomic E-state index is 0.0874. The number of carboxylic acid groups (broad SMARTS) is 1. The molecule has 1 heterocycles. The highest BCUT2D eigenvalue weighted by Gasteiger charge is 2.10. The molecule has 5 nitrogen and oxygen atoms in total. The lowest BCUT2D eigenvalue weighted by atomic mass is 10.0. The van der Waals surface area contributed by atoms with Crippen LogP contribution in [0.5, 0.6) is 0 Å². The number of carbonyl (C=O) groups is 1. The third-order valence-electron chi connectivity index (χ3n) is 2.99. The highest BCUT2D eigenvalue weighted by atomic mass is 32.2. The van der Waals surface area contributed by atoms with E-state index in [4.69, 9.17) is 9.52 Å². The summed E-state index contributed by atoms with van der Waals surface area (Å²) >= 11 is 1.02. The summed E-state index contributed by atoms with van der Waals surface area (Å²) in [7, 11) is 0. The van der Waals surface area contributed by atoms with Crippen molar-refractivity contribution in [2.75, 3.05) is 5.75 Å². The van der Waals surface area contributed by atoms with Gasteiger partial charge >= 0.3 is 5.97 Å². The summed E-state index contributed by atoms with van der Waals surface area (Å²) < 4.78 is 5.46. The van der Waals surface area contributed by atoms with E-state index in [0.717, 1.165) is 28.1 Å². The van der Waals surface area contributed by atoms with Crippen LogP contribution in [0.2, 0.25) is 0 Å². The molecule has 106 valence electrons. The van der Waals surface area contributed by atoms with Crippen LogP contribution in [0.1, 0.15) is 11.5 Å². The standard InChI is InChI=1S/C15H12N2O3S/c18-14(19)9-21-15-17-16-13(20-15)8-11-6-3-5-10-4-1-2-7-12(10)11/h1-7H,8-9H2,(H,18,19). The van der Waals surface area contributed by atoms with Gasteiger partial charge in [0, 0.05) is 0 Å². The third-order valence-corrected chi connectivity index (χ3v) is 3.79. The molecule has 2 aromatic carbocycles. The van der Waals surface area contributed by atoms with Crippen LogP contribution in [0.4, 0.5) is 0 Å². The van der Waals surface area contributed by atoms with Crippen molar-refractivity contribution in [3.05, 3.63) is 53.9 Å². The van der Waals surface area contributed by atoms with Crippen molar-refractivity contribution >= 4 is 28.5 Å². The van der Waals surface area contributed by atoms with Crippen LogP contribution in [0, 0.1) is 0 Å². The molecular formula is C15H12N2O3S. The van der Waals surface area contributed by atoms with Gasteiger partial charge in [0.1, 0.15) is 5.75 Å². The van der Waals surface area contributed by atoms with Gasteiger partial charge in [-0.3, -0.25) is 4.79 Å². The molecule has 3 aromatic rings. The van der Waals surface area contributed by atoms with E-state index >= 15 is 0 Å². The number of aromatic nitrogens is 2. The van der Waals surface area contributed by atoms with Crippen molar-refractivity contribution in [2.45, 2.75) is 11.6 Å². The van der Waals surface area contributed by atoms with Crippen molar-refractivity contribution < 1.29 is 14.3 Å². The van der Waals surface area contributed by atoms with Crippen LogP contribution in [-0.4, -0.2) is 27.0 Å². The topological polar surface area (TPSA) is 76.2 Å². The second kappa shape index (κ2) is 5.97. The Kier molecular flexibility index (Phi) is 3.87. The average Bonchev–Trinajstić information content (AvgIpc) is 2.93. The molecular weight excluding hydrogens is 288 g/mol. The zero-order chi connectivity index (χ0) is 14.7. The van der Waals surface area contributed by atoms with E-state index in [1.54, 1.807) is 0 Å². The Hall–Kier alpha value is -2.34. The lowest BCUT2D eigenvalue weighted by molar-refractivity contribution is -0.133. The lowest BCUT2D eigenvalue weighted by Crippen LogP contribution is -1.97. The Morgan fingerprint density at radius 3 is 2.81 bits per heavy atom. The highest BCUT2D eigenvalue weighted by Crippen LogP contribution is 2.22. The molecule has 0 unspecified atom stereocenters. The van der Waals surface area contributed by atoms with E-state index < -0.39 is 5.97 Å². The summed E-state index contributed by atoms with van der Waals surface area (Å²) in [5, 5.41) is 19.0. The molecule has 0 radical (unpaired) electrons. The minimum atomic E-state index is -0.909. The number of thioether (sulfide) groups is 1. The Morgan fingerprint density at radius 1 is 1.14 bits per heavy atom. The van der Waals surface area contributed by atoms with Crippen LogP contribution in [0.15, 0.2) is 52.1 Å². The molecule has 0 bridgehead atoms. The van der Waals surface area contributed by atoms with Gasteiger partial charge in [-0.1, -0.05) is 54.2 Å². The zero-order valence-corrected chi connectivity index (χ0v) is 11.8. The quantitative estimate of drug-likeness (QED) is 0.730. The number of rotatable bonds is 5. The molecule has 0 aliphatic heterocycles. The van der Waals surface area contributed by atoms with E-state index in [1.807, 2.05) is 24.3 Å². The van der Waals surface area contributed by atoms with Crippen molar-refractivity contribution in [1.82, 2.24) is 10.2 Å². The van der Waals surface area contributed by atoms with Crippen molar-refractivity contribution in [1.29, 1.82) is 0 Å². The fraction of sp³-hybridized carbons (Fsp3) is 0.133. The smallest absolute Gasteiger partial charge is 0.314 e. The number of carboxylic acids is 1. The highest BCUT2D eigenvalue weighted by molar-refractivity contribution is 7.99. The summed E-state index contributed by atoms with van der Waals surface area (Å²) in [6.07, 6.45) is 0.530. The normalized spacial score (nSPS) is 10.9. The first-order valence-corrected chi connectivity index (χ1v) is 7.34. The number of fused-ring (bicyclic) bond motifs is 1. The molecule has 0 atom stereocenters. The molecule has 0 amide bonds. The number of nitrogens with zero attached hydrogens (tertiary/aromatic N) is 2. The van der Waals surface area contributed by atoms with Gasteiger partial charge in [-0.2, -0.15) is 0 Å². The Bertz CT molecular complexity index is 780. The molecule has 0 aliphatic carbocycles. The summed E-state index contributed by atoms with van der Waals surface area (Å²) in [6.45, 7) is 0. The first-order valence-electron chi connectivity index (χ1n) is 6.36. The summed E-state index contributed by atoms with van der Waals surface area (Å²) in [6, 6.07) is 14.2. The second-order valence-corrected chi connectivity index (χ2v) is 5.39. The van der Waals surface area contributed by atoms with E-state index in [2.05, 4.69) is 28.4 Å². The monoisotopic (exact) mass is 300 g/mol. The first-order chi connectivity index (χ1) is 10.2. The fourth-order valence-electron chi connectivity index (χ4n) is 2.10. The van der Waals surface area contributed by atoms with Crippen molar-refractivity contribution in [3.8, 4) is 0 Å². The maximum atomic E-state index is 10.5. The maximum Gasteiger partial charge on any atom is 0.314 e. The van der Waals surface area contributed by atoms with Gasteiger partial charge in [0.2, 0.25) is 5.89 Å². The Morgan fingerprint density at radius 2 is 1.95 bits per heavy atom. The largest absolute Gasteiger partial charge is 0.481 e. The van der Waals surface area contributed by atoms with E-state index in [9.17, 15) is 4.79 Å². The van der Waals surface area contributed by atoms with Crippen LogP contribution in [0.25, 0.3) is 10.8 Å². The van der Waals surface area contributed by atoms with Crippen molar-refractivity contribution in [2.24, 2.45) is 0 Å². The van der Waals surface area contributed by atoms with Gasteiger partial charge in [0.05, 0.1) is 6.42 Å². The van der Waals surface area contributed by atoms with Gasteiger partial charge in [0.15, 0.2) is 0 Å². The predicted molar refractivity (Wildman–Crippen MR) is 79.4 cm³/mol. The summed E-state index contributed by atoms with van der Waals surface area (Å²) in [5.74, 6) is -0.511. The molecule has 0 saturated carbocycles. The van der Waals surface area contributed by atoms with Crippen LogP contribution >= 0.6 is 11.8 Å². The minimum Gasteiger partial charge on any atom is -0.481 e. The van der Waals surface area contributed by atoms with Crippen molar-refractivity contribution in [3.63, 3.8) is 0 Å². The molecule has 0 aliphatic rings. The van der Waals surface area contributed by atoms with Crippen LogP contribution < -0.4 is 0 Å². The molecule has 0 saturated heterocycles. The molecule has 0 fully saturated rings. The predicted octanol–water partition coefficient (Wildman–Crippen LogP) is 2.99. The van der Waals surface area contributed by atoms with Gasteiger partial charge in [-0.05, 0) is 16.3 Å². The van der Waals surface area contributed by atoms with Gasteiger partial charge in [-0.15, -0.1) is 10.2 Å². The number of benzene rings is 2. The maximum absolute atomic E-state index is 10.5. The number of hydrogen-bond donors (Lipinski definition) is 1. The Balaban J connectivity index is 1.81. The van der Waals surface area contributed by atoms with E-state index in [-0.39, 0.29) is 11.0 Å². The molecule has 1 aromatic heterocycles. The zero-order valence-electron chi connectivity index (χ0n) is 11.0. The fourth-order valence-corrected chi connectivity index (χ4v) is 2.60. The average molecular weight is 300 g/mol. The molecule has 3 rings (SSSR count).